The second-order valence-electron chi connectivity index (χ2n) is 9.89. The number of benzene rings is 1. The summed E-state index contributed by atoms with van der Waals surface area (Å²) in [6, 6.07) is 5.59. The van der Waals surface area contributed by atoms with Crippen LogP contribution in [0.1, 0.15) is 57.0 Å². The predicted octanol–water partition coefficient (Wildman–Crippen LogP) is 3.26. The number of piperazine rings is 1. The van der Waals surface area contributed by atoms with Crippen molar-refractivity contribution in [1.82, 2.24) is 9.80 Å². The first kappa shape index (κ1) is 22.1. The fourth-order valence-electron chi connectivity index (χ4n) is 4.40. The Labute approximate surface area is 179 Å². The summed E-state index contributed by atoms with van der Waals surface area (Å²) in [5.41, 5.74) is 1.61. The van der Waals surface area contributed by atoms with Crippen molar-refractivity contribution in [2.75, 3.05) is 31.1 Å². The minimum absolute atomic E-state index is 0.0298. The molecule has 0 radical (unpaired) electrons. The number of nitrogens with zero attached hydrogens (tertiary/aromatic N) is 3. The van der Waals surface area contributed by atoms with Crippen molar-refractivity contribution in [3.8, 4) is 0 Å². The summed E-state index contributed by atoms with van der Waals surface area (Å²) < 4.78 is 0. The summed E-state index contributed by atoms with van der Waals surface area (Å²) in [5.74, 6) is -0.0305. The fraction of sp³-hybridized carbons (Fsp3) is 0.542. The van der Waals surface area contributed by atoms with Gasteiger partial charge in [0.05, 0.1) is 5.54 Å². The van der Waals surface area contributed by atoms with E-state index in [0.717, 1.165) is 24.1 Å². The Morgan fingerprint density at radius 1 is 1.10 bits per heavy atom. The van der Waals surface area contributed by atoms with Crippen molar-refractivity contribution in [3.63, 3.8) is 0 Å². The predicted molar refractivity (Wildman–Crippen MR) is 118 cm³/mol. The Balaban J connectivity index is 1.81. The third-order valence-electron chi connectivity index (χ3n) is 5.96. The molecule has 0 aliphatic carbocycles. The topological polar surface area (TPSA) is 60.9 Å². The quantitative estimate of drug-likeness (QED) is 0.702. The Kier molecular flexibility index (Phi) is 5.81. The highest BCUT2D eigenvalue weighted by molar-refractivity contribution is 6.03. The van der Waals surface area contributed by atoms with Gasteiger partial charge in [-0.2, -0.15) is 0 Å². The zero-order valence-corrected chi connectivity index (χ0v) is 18.8. The Bertz CT molecular complexity index is 882. The van der Waals surface area contributed by atoms with Gasteiger partial charge in [-0.3, -0.25) is 14.4 Å². The lowest BCUT2D eigenvalue weighted by Gasteiger charge is -2.48. The van der Waals surface area contributed by atoms with Gasteiger partial charge >= 0.3 is 0 Å². The average Bonchev–Trinajstić information content (AvgIpc) is 2.69. The van der Waals surface area contributed by atoms with Gasteiger partial charge in [0.15, 0.2) is 0 Å². The van der Waals surface area contributed by atoms with Gasteiger partial charge in [0.1, 0.15) is 0 Å². The molecule has 3 amide bonds. The SMILES string of the molecule is C=CC(=O)N1CCCc2cc(C(=O)N3CCN(C(=O)C(C)(C)C)CC3(C)C)ccc21. The molecule has 1 saturated heterocycles. The third kappa shape index (κ3) is 4.13. The zero-order chi connectivity index (χ0) is 22.3. The molecule has 2 aliphatic rings. The highest BCUT2D eigenvalue weighted by Crippen LogP contribution is 2.31. The second kappa shape index (κ2) is 7.89. The van der Waals surface area contributed by atoms with E-state index in [2.05, 4.69) is 6.58 Å². The van der Waals surface area contributed by atoms with Crippen LogP contribution < -0.4 is 4.90 Å². The van der Waals surface area contributed by atoms with Crippen LogP contribution >= 0.6 is 0 Å². The van der Waals surface area contributed by atoms with Gasteiger partial charge in [0.2, 0.25) is 11.8 Å². The van der Waals surface area contributed by atoms with Crippen LogP contribution in [0.25, 0.3) is 0 Å². The molecule has 2 heterocycles. The van der Waals surface area contributed by atoms with Crippen LogP contribution in [-0.2, 0) is 16.0 Å². The van der Waals surface area contributed by atoms with Gasteiger partial charge in [-0.05, 0) is 56.5 Å². The Morgan fingerprint density at radius 3 is 2.40 bits per heavy atom. The van der Waals surface area contributed by atoms with Crippen molar-refractivity contribution in [2.45, 2.75) is 53.0 Å². The van der Waals surface area contributed by atoms with Gasteiger partial charge in [-0.1, -0.05) is 27.4 Å². The van der Waals surface area contributed by atoms with E-state index in [4.69, 9.17) is 0 Å². The molecule has 6 heteroatoms. The van der Waals surface area contributed by atoms with Crippen LogP contribution in [0.4, 0.5) is 5.69 Å². The van der Waals surface area contributed by atoms with E-state index in [1.807, 2.05) is 56.6 Å². The number of carbonyl (C=O) groups is 3. The summed E-state index contributed by atoms with van der Waals surface area (Å²) >= 11 is 0. The van der Waals surface area contributed by atoms with E-state index in [-0.39, 0.29) is 17.7 Å². The first-order valence-electron chi connectivity index (χ1n) is 10.6. The molecule has 30 heavy (non-hydrogen) atoms. The summed E-state index contributed by atoms with van der Waals surface area (Å²) in [6.45, 7) is 15.6. The van der Waals surface area contributed by atoms with Gasteiger partial charge < -0.3 is 14.7 Å². The van der Waals surface area contributed by atoms with E-state index in [1.54, 1.807) is 11.0 Å². The van der Waals surface area contributed by atoms with Crippen molar-refractivity contribution in [2.24, 2.45) is 5.41 Å². The molecule has 0 N–H and O–H groups in total. The minimum Gasteiger partial charge on any atom is -0.338 e. The maximum Gasteiger partial charge on any atom is 0.254 e. The van der Waals surface area contributed by atoms with Gasteiger partial charge in [-0.25, -0.2) is 0 Å². The molecule has 0 unspecified atom stereocenters. The van der Waals surface area contributed by atoms with E-state index < -0.39 is 11.0 Å². The lowest BCUT2D eigenvalue weighted by molar-refractivity contribution is -0.143. The molecule has 3 rings (SSSR count). The Hall–Kier alpha value is -2.63. The highest BCUT2D eigenvalue weighted by atomic mass is 16.2. The Morgan fingerprint density at radius 2 is 1.80 bits per heavy atom. The number of hydrogen-bond donors (Lipinski definition) is 0. The highest BCUT2D eigenvalue weighted by Gasteiger charge is 2.41. The number of anilines is 1. The first-order valence-corrected chi connectivity index (χ1v) is 10.6. The van der Waals surface area contributed by atoms with E-state index in [1.165, 1.54) is 6.08 Å². The lowest BCUT2D eigenvalue weighted by Crippen LogP contribution is -2.63. The molecule has 162 valence electrons. The van der Waals surface area contributed by atoms with Crippen molar-refractivity contribution >= 4 is 23.4 Å². The molecular weight excluding hydrogens is 378 g/mol. The molecule has 6 nitrogen and oxygen atoms in total. The minimum atomic E-state index is -0.461. The number of fused-ring (bicyclic) bond motifs is 1. The van der Waals surface area contributed by atoms with Crippen molar-refractivity contribution < 1.29 is 14.4 Å². The molecule has 0 saturated carbocycles. The summed E-state index contributed by atoms with van der Waals surface area (Å²) in [5, 5.41) is 0. The summed E-state index contributed by atoms with van der Waals surface area (Å²) in [7, 11) is 0. The zero-order valence-electron chi connectivity index (χ0n) is 18.8. The molecule has 1 aromatic carbocycles. The molecule has 1 aromatic rings. The fourth-order valence-corrected chi connectivity index (χ4v) is 4.40. The molecule has 0 atom stereocenters. The van der Waals surface area contributed by atoms with E-state index in [0.29, 0.717) is 31.7 Å². The molecule has 1 fully saturated rings. The monoisotopic (exact) mass is 411 g/mol. The smallest absolute Gasteiger partial charge is 0.254 e. The van der Waals surface area contributed by atoms with Crippen LogP contribution in [0.5, 0.6) is 0 Å². The number of carbonyl (C=O) groups excluding carboxylic acids is 3. The van der Waals surface area contributed by atoms with Gasteiger partial charge in [-0.15, -0.1) is 0 Å². The standard InChI is InChI=1S/C24H33N3O3/c1-7-20(28)26-12-8-9-17-15-18(10-11-19(17)26)21(29)27-14-13-25(16-24(27,5)6)22(30)23(2,3)4/h7,10-11,15H,1,8-9,12-14,16H2,2-6H3. The normalized spacial score (nSPS) is 18.6. The lowest BCUT2D eigenvalue weighted by atomic mass is 9.91. The van der Waals surface area contributed by atoms with Gasteiger partial charge in [0, 0.05) is 42.8 Å². The second-order valence-corrected chi connectivity index (χ2v) is 9.89. The molecular formula is C24H33N3O3. The third-order valence-corrected chi connectivity index (χ3v) is 5.96. The van der Waals surface area contributed by atoms with E-state index in [9.17, 15) is 14.4 Å². The number of hydrogen-bond acceptors (Lipinski definition) is 3. The van der Waals surface area contributed by atoms with Gasteiger partial charge in [0.25, 0.3) is 5.91 Å². The van der Waals surface area contributed by atoms with Crippen LogP contribution in [0, 0.1) is 5.41 Å². The summed E-state index contributed by atoms with van der Waals surface area (Å²) in [6.07, 6.45) is 3.03. The molecule has 0 aromatic heterocycles. The average molecular weight is 412 g/mol. The van der Waals surface area contributed by atoms with E-state index >= 15 is 0 Å². The molecule has 0 bridgehead atoms. The first-order chi connectivity index (χ1) is 14.0. The van der Waals surface area contributed by atoms with Crippen LogP contribution in [0.2, 0.25) is 0 Å². The van der Waals surface area contributed by atoms with Crippen LogP contribution in [0.3, 0.4) is 0 Å². The molecule has 2 aliphatic heterocycles. The summed E-state index contributed by atoms with van der Waals surface area (Å²) in [4.78, 5) is 43.7. The number of rotatable bonds is 2. The van der Waals surface area contributed by atoms with Crippen molar-refractivity contribution in [3.05, 3.63) is 42.0 Å². The largest absolute Gasteiger partial charge is 0.338 e. The van der Waals surface area contributed by atoms with Crippen molar-refractivity contribution in [1.29, 1.82) is 0 Å². The number of aryl methyl sites for hydroxylation is 1. The molecule has 0 spiro atoms. The maximum atomic E-state index is 13.4. The number of amides is 3. The maximum absolute atomic E-state index is 13.4. The van der Waals surface area contributed by atoms with Crippen LogP contribution in [-0.4, -0.2) is 59.2 Å². The van der Waals surface area contributed by atoms with Crippen LogP contribution in [0.15, 0.2) is 30.9 Å².